The maximum atomic E-state index is 12.4. The molecule has 0 amide bonds. The van der Waals surface area contributed by atoms with Crippen LogP contribution in [0.2, 0.25) is 0 Å². The van der Waals surface area contributed by atoms with Gasteiger partial charge >= 0.3 is 11.9 Å². The molecule has 0 fully saturated rings. The lowest BCUT2D eigenvalue weighted by molar-refractivity contribution is -0.152. The number of hydrogen-bond acceptors (Lipinski definition) is 4. The highest BCUT2D eigenvalue weighted by molar-refractivity contribution is 5.77. The minimum absolute atomic E-state index is 0.136. The van der Waals surface area contributed by atoms with E-state index in [0.717, 1.165) is 25.7 Å². The summed E-state index contributed by atoms with van der Waals surface area (Å²) in [5, 5.41) is 0. The largest absolute Gasteiger partial charge is 0.465 e. The van der Waals surface area contributed by atoms with Crippen LogP contribution in [0.1, 0.15) is 195 Å². The second-order valence-electron chi connectivity index (χ2n) is 12.4. The van der Waals surface area contributed by atoms with Crippen LogP contribution in [-0.4, -0.2) is 25.2 Å². The number of rotatable bonds is 31. The minimum atomic E-state index is -0.248. The lowest BCUT2D eigenvalue weighted by atomic mass is 9.95. The first-order valence-corrected chi connectivity index (χ1v) is 17.9. The van der Waals surface area contributed by atoms with E-state index in [1.807, 2.05) is 0 Å². The predicted octanol–water partition coefficient (Wildman–Crippen LogP) is 11.5. The summed E-state index contributed by atoms with van der Waals surface area (Å²) in [5.74, 6) is 0.409. The van der Waals surface area contributed by atoms with E-state index in [1.165, 1.54) is 128 Å². The van der Waals surface area contributed by atoms with Crippen LogP contribution in [0.3, 0.4) is 0 Å². The molecule has 0 radical (unpaired) electrons. The maximum absolute atomic E-state index is 12.4. The highest BCUT2D eigenvalue weighted by Crippen LogP contribution is 2.21. The average Bonchev–Trinajstić information content (AvgIpc) is 2.96. The van der Waals surface area contributed by atoms with Gasteiger partial charge in [0.05, 0.1) is 26.1 Å². The van der Waals surface area contributed by atoms with Gasteiger partial charge in [-0.3, -0.25) is 9.59 Å². The van der Waals surface area contributed by atoms with Gasteiger partial charge in [-0.15, -0.1) is 0 Å². The number of unbranched alkanes of at least 4 members (excludes halogenated alkanes) is 16. The third-order valence-electron chi connectivity index (χ3n) is 8.36. The Morgan fingerprint density at radius 2 is 0.650 bits per heavy atom. The van der Waals surface area contributed by atoms with Gasteiger partial charge in [-0.1, -0.05) is 156 Å². The summed E-state index contributed by atoms with van der Waals surface area (Å²) in [4.78, 5) is 24.9. The number of esters is 2. The van der Waals surface area contributed by atoms with Crippen molar-refractivity contribution in [3.05, 3.63) is 0 Å². The lowest BCUT2D eigenvalue weighted by Gasteiger charge is -2.18. The zero-order chi connectivity index (χ0) is 29.5. The van der Waals surface area contributed by atoms with Crippen molar-refractivity contribution in [2.45, 2.75) is 195 Å². The highest BCUT2D eigenvalue weighted by Gasteiger charge is 2.16. The van der Waals surface area contributed by atoms with E-state index in [4.69, 9.17) is 9.47 Å². The van der Waals surface area contributed by atoms with Gasteiger partial charge in [0.2, 0.25) is 0 Å². The first-order valence-electron chi connectivity index (χ1n) is 17.9. The number of carbonyl (C=O) groups excluding carboxylic acids is 2. The molecule has 0 saturated heterocycles. The minimum Gasteiger partial charge on any atom is -0.465 e. The summed E-state index contributed by atoms with van der Waals surface area (Å²) in [7, 11) is 0. The van der Waals surface area contributed by atoms with E-state index in [9.17, 15) is 9.59 Å². The van der Waals surface area contributed by atoms with Crippen molar-refractivity contribution < 1.29 is 19.1 Å². The van der Waals surface area contributed by atoms with Gasteiger partial charge in [-0.25, -0.2) is 0 Å². The van der Waals surface area contributed by atoms with Crippen LogP contribution in [0.4, 0.5) is 0 Å². The van der Waals surface area contributed by atoms with Crippen molar-refractivity contribution in [3.63, 3.8) is 0 Å². The highest BCUT2D eigenvalue weighted by atomic mass is 16.5. The van der Waals surface area contributed by atoms with Crippen molar-refractivity contribution in [2.75, 3.05) is 13.2 Å². The fourth-order valence-electron chi connectivity index (χ4n) is 5.54. The molecule has 0 spiro atoms. The Balaban J connectivity index is 4.35. The standard InChI is InChI=1S/C36H70O4/c1-5-9-13-17-19-23-27-33(25-21-15-11-7-3)31-39-35(37)29-30-36(38)40-32-34(26-22-16-12-8-4)28-24-20-18-14-10-6-2/h33-34H,5-32H2,1-4H3. The van der Waals surface area contributed by atoms with E-state index in [0.29, 0.717) is 25.0 Å². The zero-order valence-electron chi connectivity index (χ0n) is 27.6. The Bertz CT molecular complexity index is 499. The summed E-state index contributed by atoms with van der Waals surface area (Å²) in [6.45, 7) is 10.0. The molecule has 0 N–H and O–H groups in total. The predicted molar refractivity (Wildman–Crippen MR) is 172 cm³/mol. The Morgan fingerprint density at radius 1 is 0.400 bits per heavy atom. The summed E-state index contributed by atoms with van der Waals surface area (Å²) < 4.78 is 11.3. The molecule has 40 heavy (non-hydrogen) atoms. The third kappa shape index (κ3) is 27.1. The van der Waals surface area contributed by atoms with E-state index >= 15 is 0 Å². The third-order valence-corrected chi connectivity index (χ3v) is 8.36. The topological polar surface area (TPSA) is 52.6 Å². The fraction of sp³-hybridized carbons (Fsp3) is 0.944. The Kier molecular flexibility index (Phi) is 30.1. The van der Waals surface area contributed by atoms with Gasteiger partial charge in [-0.05, 0) is 37.5 Å². The molecule has 0 aliphatic rings. The van der Waals surface area contributed by atoms with E-state index in [2.05, 4.69) is 27.7 Å². The van der Waals surface area contributed by atoms with Crippen LogP contribution in [0.5, 0.6) is 0 Å². The molecule has 0 aliphatic carbocycles. The van der Waals surface area contributed by atoms with Crippen LogP contribution in [-0.2, 0) is 19.1 Å². The number of ether oxygens (including phenoxy) is 2. The quantitative estimate of drug-likeness (QED) is 0.0618. The molecule has 0 saturated carbocycles. The Morgan fingerprint density at radius 3 is 0.950 bits per heavy atom. The van der Waals surface area contributed by atoms with Crippen LogP contribution >= 0.6 is 0 Å². The van der Waals surface area contributed by atoms with E-state index < -0.39 is 0 Å². The first kappa shape index (κ1) is 38.9. The lowest BCUT2D eigenvalue weighted by Crippen LogP contribution is -2.18. The molecule has 0 aromatic carbocycles. The van der Waals surface area contributed by atoms with Gasteiger partial charge in [0.15, 0.2) is 0 Å². The molecule has 0 heterocycles. The maximum Gasteiger partial charge on any atom is 0.306 e. The summed E-state index contributed by atoms with van der Waals surface area (Å²) in [6, 6.07) is 0. The first-order chi connectivity index (χ1) is 19.6. The molecule has 2 unspecified atom stereocenters. The van der Waals surface area contributed by atoms with Crippen molar-refractivity contribution >= 4 is 11.9 Å². The molecule has 0 aromatic heterocycles. The number of hydrogen-bond donors (Lipinski definition) is 0. The van der Waals surface area contributed by atoms with Crippen molar-refractivity contribution in [2.24, 2.45) is 11.8 Å². The molecule has 0 bridgehead atoms. The fourth-order valence-corrected chi connectivity index (χ4v) is 5.54. The van der Waals surface area contributed by atoms with E-state index in [1.54, 1.807) is 0 Å². The van der Waals surface area contributed by atoms with Crippen molar-refractivity contribution in [1.82, 2.24) is 0 Å². The van der Waals surface area contributed by atoms with Crippen molar-refractivity contribution in [3.8, 4) is 0 Å². The normalized spacial score (nSPS) is 12.8. The zero-order valence-corrected chi connectivity index (χ0v) is 27.6. The average molecular weight is 567 g/mol. The summed E-state index contributed by atoms with van der Waals surface area (Å²) in [5.41, 5.74) is 0. The second-order valence-corrected chi connectivity index (χ2v) is 12.4. The summed E-state index contributed by atoms with van der Waals surface area (Å²) in [6.07, 6.45) is 30.4. The molecule has 4 nitrogen and oxygen atoms in total. The number of carbonyl (C=O) groups is 2. The monoisotopic (exact) mass is 567 g/mol. The SMILES string of the molecule is CCCCCCCCC(CCCCCC)COC(=O)CCC(=O)OCC(CCCCCC)CCCCCCCC. The molecular formula is C36H70O4. The molecule has 0 aliphatic heterocycles. The molecule has 0 aromatic rings. The molecule has 2 atom stereocenters. The van der Waals surface area contributed by atoms with E-state index in [-0.39, 0.29) is 24.8 Å². The van der Waals surface area contributed by atoms with Gasteiger partial charge in [0.25, 0.3) is 0 Å². The Labute approximate surface area is 250 Å². The smallest absolute Gasteiger partial charge is 0.306 e. The molecule has 238 valence electrons. The molecular weight excluding hydrogens is 496 g/mol. The second kappa shape index (κ2) is 30.9. The van der Waals surface area contributed by atoms with Crippen LogP contribution in [0, 0.1) is 11.8 Å². The van der Waals surface area contributed by atoms with Gasteiger partial charge < -0.3 is 9.47 Å². The van der Waals surface area contributed by atoms with Crippen LogP contribution in [0.25, 0.3) is 0 Å². The van der Waals surface area contributed by atoms with Crippen LogP contribution < -0.4 is 0 Å². The summed E-state index contributed by atoms with van der Waals surface area (Å²) >= 11 is 0. The molecule has 4 heteroatoms. The van der Waals surface area contributed by atoms with Crippen molar-refractivity contribution in [1.29, 1.82) is 0 Å². The van der Waals surface area contributed by atoms with Crippen LogP contribution in [0.15, 0.2) is 0 Å². The van der Waals surface area contributed by atoms with Gasteiger partial charge in [0.1, 0.15) is 0 Å². The van der Waals surface area contributed by atoms with Gasteiger partial charge in [-0.2, -0.15) is 0 Å². The molecule has 0 rings (SSSR count). The van der Waals surface area contributed by atoms with Gasteiger partial charge in [0, 0.05) is 0 Å². The Hall–Kier alpha value is -1.06.